The van der Waals surface area contributed by atoms with Gasteiger partial charge in [0.1, 0.15) is 0 Å². The Morgan fingerprint density at radius 3 is 2.54 bits per heavy atom. The summed E-state index contributed by atoms with van der Waals surface area (Å²) < 4.78 is 1.82. The van der Waals surface area contributed by atoms with Gasteiger partial charge in [-0.05, 0) is 49.4 Å². The molecule has 28 heavy (non-hydrogen) atoms. The normalized spacial score (nSPS) is 30.8. The summed E-state index contributed by atoms with van der Waals surface area (Å²) in [6, 6.07) is 10.4. The third kappa shape index (κ3) is 2.70. The average Bonchev–Trinajstić information content (AvgIpc) is 3.42. The molecule has 2 aromatic rings. The van der Waals surface area contributed by atoms with E-state index < -0.39 is 0 Å². The second-order valence-corrected chi connectivity index (χ2v) is 9.48. The van der Waals surface area contributed by atoms with E-state index in [0.717, 1.165) is 24.1 Å². The number of hydrogen-bond donors (Lipinski definition) is 0. The molecule has 1 aromatic heterocycles. The number of nitrogens with zero attached hydrogens (tertiary/aromatic N) is 2. The minimum Gasteiger partial charge on any atom is -0.272 e. The first-order chi connectivity index (χ1) is 13.5. The quantitative estimate of drug-likeness (QED) is 0.614. The first-order valence-corrected chi connectivity index (χ1v) is 10.9. The first kappa shape index (κ1) is 17.9. The van der Waals surface area contributed by atoms with E-state index in [9.17, 15) is 4.79 Å². The van der Waals surface area contributed by atoms with Crippen molar-refractivity contribution in [3.05, 3.63) is 53.7 Å². The van der Waals surface area contributed by atoms with Crippen molar-refractivity contribution in [2.24, 2.45) is 23.7 Å². The van der Waals surface area contributed by atoms with Crippen LogP contribution < -0.4 is 0 Å². The topological polar surface area (TPSA) is 34.9 Å². The maximum absolute atomic E-state index is 13.7. The van der Waals surface area contributed by atoms with E-state index >= 15 is 0 Å². The SMILES string of the molecule is CC(C)[C@@H]1CC[C@H](C)c2c1nn(C(=O)[C@@H]1C[C@H]3C=C[C@H]1C3)c2-c1ccccc1. The van der Waals surface area contributed by atoms with Gasteiger partial charge >= 0.3 is 0 Å². The average molecular weight is 375 g/mol. The molecule has 146 valence electrons. The molecule has 3 nitrogen and oxygen atoms in total. The van der Waals surface area contributed by atoms with Gasteiger partial charge in [0.15, 0.2) is 0 Å². The Labute approximate surface area is 167 Å². The van der Waals surface area contributed by atoms with Crippen molar-refractivity contribution in [3.63, 3.8) is 0 Å². The molecule has 3 aliphatic rings. The second kappa shape index (κ2) is 6.72. The molecule has 3 aliphatic carbocycles. The lowest BCUT2D eigenvalue weighted by molar-refractivity contribution is 0.0798. The van der Waals surface area contributed by atoms with Crippen LogP contribution in [0.25, 0.3) is 11.3 Å². The van der Waals surface area contributed by atoms with Gasteiger partial charge in [-0.25, -0.2) is 0 Å². The molecule has 0 spiro atoms. The molecule has 5 atom stereocenters. The molecule has 0 unspecified atom stereocenters. The summed E-state index contributed by atoms with van der Waals surface area (Å²) in [5.41, 5.74) is 4.69. The van der Waals surface area contributed by atoms with Gasteiger partial charge in [0.2, 0.25) is 0 Å². The molecule has 0 amide bonds. The Morgan fingerprint density at radius 1 is 1.11 bits per heavy atom. The highest BCUT2D eigenvalue weighted by Crippen LogP contribution is 2.48. The van der Waals surface area contributed by atoms with Crippen LogP contribution in [0.4, 0.5) is 0 Å². The third-order valence-electron chi connectivity index (χ3n) is 7.36. The third-order valence-corrected chi connectivity index (χ3v) is 7.36. The predicted octanol–water partition coefficient (Wildman–Crippen LogP) is 6.04. The number of rotatable bonds is 3. The molecule has 0 N–H and O–H groups in total. The summed E-state index contributed by atoms with van der Waals surface area (Å²) in [6.45, 7) is 6.88. The standard InChI is InChI=1S/C25H30N2O/c1-15(2)20-12-9-16(3)22-23(20)26-27(24(22)18-7-5-4-6-8-18)25(28)21-14-17-10-11-19(21)13-17/h4-8,10-11,15-17,19-21H,9,12-14H2,1-3H3/t16-,17-,19-,20-,21+/m0/s1. The van der Waals surface area contributed by atoms with Gasteiger partial charge in [0, 0.05) is 23.0 Å². The van der Waals surface area contributed by atoms with Gasteiger partial charge < -0.3 is 0 Å². The first-order valence-electron chi connectivity index (χ1n) is 10.9. The molecule has 0 saturated heterocycles. The van der Waals surface area contributed by atoms with Crippen LogP contribution in [-0.4, -0.2) is 15.7 Å². The van der Waals surface area contributed by atoms with Crippen molar-refractivity contribution in [2.45, 2.75) is 58.3 Å². The number of allylic oxidation sites excluding steroid dienone is 2. The highest BCUT2D eigenvalue weighted by molar-refractivity contribution is 5.87. The molecule has 0 aliphatic heterocycles. The summed E-state index contributed by atoms with van der Waals surface area (Å²) >= 11 is 0. The molecule has 1 aromatic carbocycles. The summed E-state index contributed by atoms with van der Waals surface area (Å²) in [4.78, 5) is 13.7. The summed E-state index contributed by atoms with van der Waals surface area (Å²) in [5.74, 6) is 2.72. The summed E-state index contributed by atoms with van der Waals surface area (Å²) in [6.07, 6.45) is 9.04. The van der Waals surface area contributed by atoms with Crippen LogP contribution in [-0.2, 0) is 0 Å². The maximum atomic E-state index is 13.7. The van der Waals surface area contributed by atoms with E-state index in [1.807, 2.05) is 10.7 Å². The number of aromatic nitrogens is 2. The fourth-order valence-corrected chi connectivity index (χ4v) is 5.82. The Hall–Kier alpha value is -2.16. The molecular weight excluding hydrogens is 344 g/mol. The lowest BCUT2D eigenvalue weighted by Crippen LogP contribution is -2.27. The number of carbonyl (C=O) groups excluding carboxylic acids is 1. The minimum absolute atomic E-state index is 0.0895. The lowest BCUT2D eigenvalue weighted by Gasteiger charge is -2.28. The molecule has 3 heteroatoms. The van der Waals surface area contributed by atoms with Crippen LogP contribution in [0.3, 0.4) is 0 Å². The molecule has 1 fully saturated rings. The Kier molecular flexibility index (Phi) is 4.30. The number of carbonyl (C=O) groups is 1. The maximum Gasteiger partial charge on any atom is 0.251 e. The molecule has 1 heterocycles. The Morgan fingerprint density at radius 2 is 1.89 bits per heavy atom. The zero-order valence-electron chi connectivity index (χ0n) is 17.1. The van der Waals surface area contributed by atoms with Crippen LogP contribution in [0.2, 0.25) is 0 Å². The summed E-state index contributed by atoms with van der Waals surface area (Å²) in [5, 5.41) is 5.05. The largest absolute Gasteiger partial charge is 0.272 e. The van der Waals surface area contributed by atoms with Crippen LogP contribution in [0.15, 0.2) is 42.5 Å². The Bertz CT molecular complexity index is 924. The fraction of sp³-hybridized carbons (Fsp3) is 0.520. The van der Waals surface area contributed by atoms with Gasteiger partial charge in [-0.2, -0.15) is 9.78 Å². The smallest absolute Gasteiger partial charge is 0.251 e. The molecular formula is C25H30N2O. The molecule has 1 saturated carbocycles. The Balaban J connectivity index is 1.67. The summed E-state index contributed by atoms with van der Waals surface area (Å²) in [7, 11) is 0. The van der Waals surface area contributed by atoms with Gasteiger partial charge in [0.25, 0.3) is 5.91 Å². The van der Waals surface area contributed by atoms with Crippen molar-refractivity contribution in [3.8, 4) is 11.3 Å². The molecule has 0 radical (unpaired) electrons. The van der Waals surface area contributed by atoms with E-state index in [-0.39, 0.29) is 11.8 Å². The minimum atomic E-state index is 0.0895. The zero-order valence-corrected chi connectivity index (χ0v) is 17.1. The highest BCUT2D eigenvalue weighted by Gasteiger charge is 2.43. The van der Waals surface area contributed by atoms with Crippen LogP contribution in [0, 0.1) is 23.7 Å². The van der Waals surface area contributed by atoms with Crippen LogP contribution >= 0.6 is 0 Å². The van der Waals surface area contributed by atoms with Gasteiger partial charge in [-0.3, -0.25) is 4.79 Å². The van der Waals surface area contributed by atoms with Crippen molar-refractivity contribution in [1.82, 2.24) is 9.78 Å². The van der Waals surface area contributed by atoms with E-state index in [0.29, 0.717) is 29.6 Å². The molecule has 2 bridgehead atoms. The second-order valence-electron chi connectivity index (χ2n) is 9.48. The fourth-order valence-electron chi connectivity index (χ4n) is 5.82. The van der Waals surface area contributed by atoms with Crippen molar-refractivity contribution in [1.29, 1.82) is 0 Å². The van der Waals surface area contributed by atoms with Crippen LogP contribution in [0.5, 0.6) is 0 Å². The van der Waals surface area contributed by atoms with Crippen molar-refractivity contribution < 1.29 is 4.79 Å². The van der Waals surface area contributed by atoms with Gasteiger partial charge in [-0.1, -0.05) is 63.3 Å². The lowest BCUT2D eigenvalue weighted by atomic mass is 9.75. The van der Waals surface area contributed by atoms with Crippen molar-refractivity contribution in [2.75, 3.05) is 0 Å². The number of fused-ring (bicyclic) bond motifs is 3. The van der Waals surface area contributed by atoms with E-state index in [1.165, 1.54) is 24.1 Å². The molecule has 5 rings (SSSR count). The number of hydrogen-bond acceptors (Lipinski definition) is 2. The van der Waals surface area contributed by atoms with Crippen molar-refractivity contribution >= 4 is 5.91 Å². The predicted molar refractivity (Wildman–Crippen MR) is 112 cm³/mol. The van der Waals surface area contributed by atoms with E-state index in [2.05, 4.69) is 57.2 Å². The van der Waals surface area contributed by atoms with E-state index in [1.54, 1.807) is 0 Å². The van der Waals surface area contributed by atoms with Gasteiger partial charge in [0.05, 0.1) is 11.4 Å². The van der Waals surface area contributed by atoms with E-state index in [4.69, 9.17) is 5.10 Å². The number of benzene rings is 1. The van der Waals surface area contributed by atoms with Crippen LogP contribution in [0.1, 0.15) is 74.3 Å². The zero-order chi connectivity index (χ0) is 19.4. The monoisotopic (exact) mass is 374 g/mol. The van der Waals surface area contributed by atoms with Gasteiger partial charge in [-0.15, -0.1) is 0 Å². The highest BCUT2D eigenvalue weighted by atomic mass is 16.2.